The van der Waals surface area contributed by atoms with Gasteiger partial charge in [0, 0.05) is 0 Å². The Morgan fingerprint density at radius 2 is 2.07 bits per heavy atom. The van der Waals surface area contributed by atoms with E-state index < -0.39 is 23.7 Å². The Balaban J connectivity index is 2.57. The summed E-state index contributed by atoms with van der Waals surface area (Å²) in [5, 5.41) is 1.97. The van der Waals surface area contributed by atoms with Gasteiger partial charge in [0.05, 0.1) is 6.04 Å². The summed E-state index contributed by atoms with van der Waals surface area (Å²) in [7, 11) is 0. The lowest BCUT2D eigenvalue weighted by molar-refractivity contribution is -0.170. The smallest absolute Gasteiger partial charge is 0.341 e. The van der Waals surface area contributed by atoms with Crippen molar-refractivity contribution >= 4 is 5.91 Å². The Bertz CT molecular complexity index is 235. The Morgan fingerprint density at radius 1 is 1.57 bits per heavy atom. The largest absolute Gasteiger partial charge is 0.411 e. The molecule has 1 amide bonds. The van der Waals surface area contributed by atoms with Gasteiger partial charge in [-0.3, -0.25) is 4.79 Å². The van der Waals surface area contributed by atoms with Crippen LogP contribution in [0.15, 0.2) is 0 Å². The highest BCUT2D eigenvalue weighted by molar-refractivity contribution is 5.82. The molecule has 1 aliphatic rings. The van der Waals surface area contributed by atoms with Crippen LogP contribution in [0.4, 0.5) is 13.2 Å². The second kappa shape index (κ2) is 3.42. The summed E-state index contributed by atoms with van der Waals surface area (Å²) < 4.78 is 37.1. The Labute approximate surface area is 79.8 Å². The summed E-state index contributed by atoms with van der Waals surface area (Å²) in [6.45, 7) is 1.65. The van der Waals surface area contributed by atoms with E-state index in [4.69, 9.17) is 5.73 Å². The number of nitrogens with two attached hydrogens (primary N) is 1. The lowest BCUT2D eigenvalue weighted by Gasteiger charge is -2.22. The average Bonchev–Trinajstić information content (AvgIpc) is 2.82. The number of nitrogens with one attached hydrogen (secondary N) is 1. The van der Waals surface area contributed by atoms with Gasteiger partial charge in [-0.2, -0.15) is 13.2 Å². The minimum Gasteiger partial charge on any atom is -0.341 e. The van der Waals surface area contributed by atoms with E-state index in [-0.39, 0.29) is 12.8 Å². The molecule has 1 unspecified atom stereocenters. The van der Waals surface area contributed by atoms with Gasteiger partial charge in [-0.1, -0.05) is 6.92 Å². The summed E-state index contributed by atoms with van der Waals surface area (Å²) >= 11 is 0. The second-order valence-electron chi connectivity index (χ2n) is 3.58. The molecule has 0 aliphatic heterocycles. The summed E-state index contributed by atoms with van der Waals surface area (Å²) in [6.07, 6.45) is -4.12. The van der Waals surface area contributed by atoms with E-state index in [2.05, 4.69) is 0 Å². The minimum absolute atomic E-state index is 0.0430. The molecule has 0 aromatic heterocycles. The van der Waals surface area contributed by atoms with Gasteiger partial charge >= 0.3 is 6.18 Å². The third-order valence-corrected chi connectivity index (χ3v) is 2.43. The standard InChI is InChI=1S/C8H13F3N2O/c1-2-5(12)6(14)13-7(3-4-7)8(9,10)11/h5H,2-4,12H2,1H3,(H,13,14). The molecule has 1 aliphatic carbocycles. The maximum absolute atomic E-state index is 12.4. The number of alkyl halides is 3. The van der Waals surface area contributed by atoms with Crippen molar-refractivity contribution in [3.63, 3.8) is 0 Å². The van der Waals surface area contributed by atoms with Crippen LogP contribution in [0, 0.1) is 0 Å². The van der Waals surface area contributed by atoms with Gasteiger partial charge in [-0.05, 0) is 19.3 Å². The van der Waals surface area contributed by atoms with Crippen LogP contribution in [0.1, 0.15) is 26.2 Å². The number of hydrogen-bond donors (Lipinski definition) is 2. The maximum Gasteiger partial charge on any atom is 0.411 e. The van der Waals surface area contributed by atoms with E-state index in [1.807, 2.05) is 5.32 Å². The Morgan fingerprint density at radius 3 is 2.36 bits per heavy atom. The molecular weight excluding hydrogens is 197 g/mol. The number of carbonyl (C=O) groups excluding carboxylic acids is 1. The van der Waals surface area contributed by atoms with Gasteiger partial charge in [-0.25, -0.2) is 0 Å². The normalized spacial score (nSPS) is 21.5. The van der Waals surface area contributed by atoms with E-state index in [1.165, 1.54) is 0 Å². The fourth-order valence-corrected chi connectivity index (χ4v) is 1.12. The number of carbonyl (C=O) groups is 1. The zero-order valence-electron chi connectivity index (χ0n) is 7.82. The SMILES string of the molecule is CCC(N)C(=O)NC1(C(F)(F)F)CC1. The third kappa shape index (κ3) is 2.00. The monoisotopic (exact) mass is 210 g/mol. The highest BCUT2D eigenvalue weighted by atomic mass is 19.4. The van der Waals surface area contributed by atoms with Crippen LogP contribution in [0.5, 0.6) is 0 Å². The van der Waals surface area contributed by atoms with E-state index in [1.54, 1.807) is 6.92 Å². The van der Waals surface area contributed by atoms with Crippen molar-refractivity contribution in [3.05, 3.63) is 0 Å². The average molecular weight is 210 g/mol. The van der Waals surface area contributed by atoms with Gasteiger partial charge in [0.25, 0.3) is 0 Å². The topological polar surface area (TPSA) is 55.1 Å². The van der Waals surface area contributed by atoms with E-state index in [0.29, 0.717) is 6.42 Å². The molecule has 0 spiro atoms. The quantitative estimate of drug-likeness (QED) is 0.728. The first-order valence-corrected chi connectivity index (χ1v) is 4.47. The maximum atomic E-state index is 12.4. The molecule has 0 aromatic rings. The summed E-state index contributed by atoms with van der Waals surface area (Å²) in [5.41, 5.74) is 3.33. The molecule has 1 atom stereocenters. The number of rotatable bonds is 3. The molecule has 0 bridgehead atoms. The van der Waals surface area contributed by atoms with Gasteiger partial charge in [-0.15, -0.1) is 0 Å². The Hall–Kier alpha value is -0.780. The molecular formula is C8H13F3N2O. The first-order chi connectivity index (χ1) is 6.32. The van der Waals surface area contributed by atoms with Gasteiger partial charge in [0.1, 0.15) is 5.54 Å². The molecule has 3 nitrogen and oxygen atoms in total. The van der Waals surface area contributed by atoms with E-state index in [0.717, 1.165) is 0 Å². The molecule has 14 heavy (non-hydrogen) atoms. The van der Waals surface area contributed by atoms with E-state index >= 15 is 0 Å². The molecule has 1 saturated carbocycles. The molecule has 82 valence electrons. The zero-order valence-corrected chi connectivity index (χ0v) is 7.82. The molecule has 0 radical (unpaired) electrons. The summed E-state index contributed by atoms with van der Waals surface area (Å²) in [5.74, 6) is -0.720. The van der Waals surface area contributed by atoms with E-state index in [9.17, 15) is 18.0 Å². The second-order valence-corrected chi connectivity index (χ2v) is 3.58. The van der Waals surface area contributed by atoms with Crippen LogP contribution in [0.2, 0.25) is 0 Å². The van der Waals surface area contributed by atoms with Crippen LogP contribution in [0.25, 0.3) is 0 Å². The lowest BCUT2D eigenvalue weighted by Crippen LogP contribution is -2.52. The number of halogens is 3. The van der Waals surface area contributed by atoms with Crippen molar-refractivity contribution in [2.24, 2.45) is 5.73 Å². The molecule has 3 N–H and O–H groups in total. The number of hydrogen-bond acceptors (Lipinski definition) is 2. The van der Waals surface area contributed by atoms with Crippen LogP contribution in [0.3, 0.4) is 0 Å². The minimum atomic E-state index is -4.36. The predicted molar refractivity (Wildman–Crippen MR) is 44.4 cm³/mol. The fourth-order valence-electron chi connectivity index (χ4n) is 1.12. The molecule has 0 saturated heterocycles. The molecule has 1 rings (SSSR count). The van der Waals surface area contributed by atoms with Crippen LogP contribution in [-0.2, 0) is 4.79 Å². The molecule has 6 heteroatoms. The third-order valence-electron chi connectivity index (χ3n) is 2.43. The zero-order chi connectivity index (χ0) is 11.0. The number of amides is 1. The van der Waals surface area contributed by atoms with Crippen molar-refractivity contribution in [3.8, 4) is 0 Å². The summed E-state index contributed by atoms with van der Waals surface area (Å²) in [4.78, 5) is 11.1. The van der Waals surface area contributed by atoms with Crippen LogP contribution >= 0.6 is 0 Å². The Kier molecular flexibility index (Phi) is 2.76. The van der Waals surface area contributed by atoms with Crippen LogP contribution in [-0.4, -0.2) is 23.7 Å². The van der Waals surface area contributed by atoms with Crippen molar-refractivity contribution in [2.45, 2.75) is 43.9 Å². The van der Waals surface area contributed by atoms with Gasteiger partial charge in [0.2, 0.25) is 5.91 Å². The molecule has 1 fully saturated rings. The van der Waals surface area contributed by atoms with Gasteiger partial charge in [0.15, 0.2) is 0 Å². The first kappa shape index (κ1) is 11.3. The predicted octanol–water partition coefficient (Wildman–Crippen LogP) is 0.935. The molecule has 0 heterocycles. The fraction of sp³-hybridized carbons (Fsp3) is 0.875. The summed E-state index contributed by atoms with van der Waals surface area (Å²) in [6, 6.07) is -0.852. The highest BCUT2D eigenvalue weighted by Gasteiger charge is 2.64. The van der Waals surface area contributed by atoms with Crippen molar-refractivity contribution in [1.29, 1.82) is 0 Å². The van der Waals surface area contributed by atoms with Gasteiger partial charge < -0.3 is 11.1 Å². The molecule has 0 aromatic carbocycles. The van der Waals surface area contributed by atoms with Crippen LogP contribution < -0.4 is 11.1 Å². The lowest BCUT2D eigenvalue weighted by atomic mass is 10.2. The van der Waals surface area contributed by atoms with Crippen molar-refractivity contribution in [1.82, 2.24) is 5.32 Å². The highest BCUT2D eigenvalue weighted by Crippen LogP contribution is 2.48. The first-order valence-electron chi connectivity index (χ1n) is 4.47. The van der Waals surface area contributed by atoms with Crippen molar-refractivity contribution in [2.75, 3.05) is 0 Å². The van der Waals surface area contributed by atoms with Crippen molar-refractivity contribution < 1.29 is 18.0 Å².